The van der Waals surface area contributed by atoms with Gasteiger partial charge >= 0.3 is 0 Å². The average molecular weight is 244 g/mol. The highest BCUT2D eigenvalue weighted by molar-refractivity contribution is 5.83. The minimum Gasteiger partial charge on any atom is -0.467 e. The lowest BCUT2D eigenvalue weighted by Gasteiger charge is -2.16. The van der Waals surface area contributed by atoms with Crippen LogP contribution >= 0.6 is 0 Å². The van der Waals surface area contributed by atoms with Gasteiger partial charge in [-0.2, -0.15) is 0 Å². The second-order valence-electron chi connectivity index (χ2n) is 4.13. The summed E-state index contributed by atoms with van der Waals surface area (Å²) in [6.07, 6.45) is 1.58. The first kappa shape index (κ1) is 12.4. The number of benzene rings is 1. The van der Waals surface area contributed by atoms with Gasteiger partial charge < -0.3 is 15.5 Å². The Morgan fingerprint density at radius 3 is 2.56 bits per heavy atom. The molecule has 0 radical (unpaired) electrons. The Morgan fingerprint density at radius 2 is 1.94 bits per heavy atom. The summed E-state index contributed by atoms with van der Waals surface area (Å²) in [4.78, 5) is 12.0. The van der Waals surface area contributed by atoms with Crippen molar-refractivity contribution < 1.29 is 9.21 Å². The third kappa shape index (κ3) is 2.78. The van der Waals surface area contributed by atoms with E-state index in [1.165, 1.54) is 0 Å². The standard InChI is InChI=1S/C14H16N2O2/c1-10(12-8-5-9-18-12)16-14(17)13(15)11-6-3-2-4-7-11/h2-10,13H,15H2,1H3,(H,16,17)/t10-,13+/m1/s1. The molecule has 0 aliphatic rings. The molecule has 4 heteroatoms. The molecule has 0 aliphatic carbocycles. The molecule has 0 fully saturated rings. The number of hydrogen-bond donors (Lipinski definition) is 2. The summed E-state index contributed by atoms with van der Waals surface area (Å²) in [6, 6.07) is 12.0. The summed E-state index contributed by atoms with van der Waals surface area (Å²) in [6.45, 7) is 1.86. The first-order chi connectivity index (χ1) is 8.68. The molecule has 0 unspecified atom stereocenters. The molecular weight excluding hydrogens is 228 g/mol. The average Bonchev–Trinajstić information content (AvgIpc) is 2.92. The highest BCUT2D eigenvalue weighted by atomic mass is 16.3. The number of carbonyl (C=O) groups is 1. The zero-order chi connectivity index (χ0) is 13.0. The van der Waals surface area contributed by atoms with Crippen LogP contribution in [0.4, 0.5) is 0 Å². The Kier molecular flexibility index (Phi) is 3.79. The fraction of sp³-hybridized carbons (Fsp3) is 0.214. The highest BCUT2D eigenvalue weighted by Crippen LogP contribution is 2.15. The van der Waals surface area contributed by atoms with Gasteiger partial charge in [-0.1, -0.05) is 30.3 Å². The number of nitrogens with one attached hydrogen (secondary N) is 1. The first-order valence-corrected chi connectivity index (χ1v) is 5.83. The van der Waals surface area contributed by atoms with Crippen LogP contribution in [0.5, 0.6) is 0 Å². The summed E-state index contributed by atoms with van der Waals surface area (Å²) >= 11 is 0. The van der Waals surface area contributed by atoms with Crippen LogP contribution in [0.1, 0.15) is 30.3 Å². The molecule has 3 N–H and O–H groups in total. The quantitative estimate of drug-likeness (QED) is 0.866. The molecule has 2 rings (SSSR count). The fourth-order valence-electron chi connectivity index (χ4n) is 1.72. The van der Waals surface area contributed by atoms with Gasteiger partial charge in [-0.3, -0.25) is 4.79 Å². The third-order valence-corrected chi connectivity index (χ3v) is 2.77. The van der Waals surface area contributed by atoms with Crippen molar-refractivity contribution in [1.29, 1.82) is 0 Å². The minimum absolute atomic E-state index is 0.192. The predicted octanol–water partition coefficient (Wildman–Crippen LogP) is 2.16. The van der Waals surface area contributed by atoms with Crippen LogP contribution in [-0.4, -0.2) is 5.91 Å². The monoisotopic (exact) mass is 244 g/mol. The molecule has 0 bridgehead atoms. The van der Waals surface area contributed by atoms with Crippen LogP contribution in [-0.2, 0) is 4.79 Å². The van der Waals surface area contributed by atoms with E-state index in [0.29, 0.717) is 5.76 Å². The van der Waals surface area contributed by atoms with Gasteiger partial charge in [0.05, 0.1) is 12.3 Å². The van der Waals surface area contributed by atoms with Crippen molar-refractivity contribution in [3.63, 3.8) is 0 Å². The summed E-state index contributed by atoms with van der Waals surface area (Å²) in [7, 11) is 0. The topological polar surface area (TPSA) is 68.3 Å². The van der Waals surface area contributed by atoms with Gasteiger partial charge in [0.2, 0.25) is 5.91 Å². The Bertz CT molecular complexity index is 494. The van der Waals surface area contributed by atoms with Gasteiger partial charge in [0, 0.05) is 0 Å². The van der Waals surface area contributed by atoms with E-state index in [2.05, 4.69) is 5.32 Å². The van der Waals surface area contributed by atoms with Crippen LogP contribution in [0.3, 0.4) is 0 Å². The van der Waals surface area contributed by atoms with Gasteiger partial charge in [-0.25, -0.2) is 0 Å². The Morgan fingerprint density at radius 1 is 1.22 bits per heavy atom. The molecule has 1 aromatic carbocycles. The second-order valence-corrected chi connectivity index (χ2v) is 4.13. The Labute approximate surface area is 106 Å². The number of furan rings is 1. The van der Waals surface area contributed by atoms with Gasteiger partial charge in [0.15, 0.2) is 0 Å². The SMILES string of the molecule is C[C@@H](NC(=O)[C@@H](N)c1ccccc1)c1ccco1. The molecule has 94 valence electrons. The third-order valence-electron chi connectivity index (χ3n) is 2.77. The number of hydrogen-bond acceptors (Lipinski definition) is 3. The lowest BCUT2D eigenvalue weighted by atomic mass is 10.1. The van der Waals surface area contributed by atoms with Crippen LogP contribution in [0.2, 0.25) is 0 Å². The molecule has 1 aromatic heterocycles. The summed E-state index contributed by atoms with van der Waals surface area (Å²) < 4.78 is 5.23. The van der Waals surface area contributed by atoms with Gasteiger partial charge in [-0.05, 0) is 24.6 Å². The molecular formula is C14H16N2O2. The number of carbonyl (C=O) groups excluding carboxylic acids is 1. The van der Waals surface area contributed by atoms with E-state index in [1.54, 1.807) is 12.3 Å². The van der Waals surface area contributed by atoms with Crippen LogP contribution in [0.25, 0.3) is 0 Å². The molecule has 18 heavy (non-hydrogen) atoms. The molecule has 1 amide bonds. The zero-order valence-corrected chi connectivity index (χ0v) is 10.2. The van der Waals surface area contributed by atoms with Gasteiger partial charge in [0.1, 0.15) is 11.8 Å². The summed E-state index contributed by atoms with van der Waals surface area (Å²) in [5, 5.41) is 2.82. The van der Waals surface area contributed by atoms with E-state index >= 15 is 0 Å². The van der Waals surface area contributed by atoms with Crippen LogP contribution in [0.15, 0.2) is 53.1 Å². The van der Waals surface area contributed by atoms with Crippen molar-refractivity contribution in [3.8, 4) is 0 Å². The van der Waals surface area contributed by atoms with Crippen LogP contribution < -0.4 is 11.1 Å². The molecule has 2 atom stereocenters. The predicted molar refractivity (Wildman–Crippen MR) is 68.6 cm³/mol. The summed E-state index contributed by atoms with van der Waals surface area (Å²) in [5.74, 6) is 0.494. The van der Waals surface area contributed by atoms with Crippen molar-refractivity contribution in [3.05, 3.63) is 60.1 Å². The van der Waals surface area contributed by atoms with E-state index in [-0.39, 0.29) is 11.9 Å². The van der Waals surface area contributed by atoms with E-state index in [4.69, 9.17) is 10.2 Å². The van der Waals surface area contributed by atoms with E-state index in [9.17, 15) is 4.79 Å². The van der Waals surface area contributed by atoms with Crippen molar-refractivity contribution >= 4 is 5.91 Å². The van der Waals surface area contributed by atoms with Crippen molar-refractivity contribution in [2.24, 2.45) is 5.73 Å². The maximum Gasteiger partial charge on any atom is 0.242 e. The van der Waals surface area contributed by atoms with Crippen LogP contribution in [0, 0.1) is 0 Å². The maximum atomic E-state index is 12.0. The molecule has 4 nitrogen and oxygen atoms in total. The zero-order valence-electron chi connectivity index (χ0n) is 10.2. The van der Waals surface area contributed by atoms with Crippen molar-refractivity contribution in [1.82, 2.24) is 5.32 Å². The lowest BCUT2D eigenvalue weighted by molar-refractivity contribution is -0.123. The molecule has 0 spiro atoms. The Hall–Kier alpha value is -2.07. The summed E-state index contributed by atoms with van der Waals surface area (Å²) in [5.41, 5.74) is 6.69. The smallest absolute Gasteiger partial charge is 0.242 e. The number of amides is 1. The van der Waals surface area contributed by atoms with Crippen molar-refractivity contribution in [2.45, 2.75) is 19.0 Å². The Balaban J connectivity index is 2.00. The normalized spacial score (nSPS) is 13.9. The molecule has 0 saturated heterocycles. The first-order valence-electron chi connectivity index (χ1n) is 5.83. The fourth-order valence-corrected chi connectivity index (χ4v) is 1.72. The van der Waals surface area contributed by atoms with E-state index in [1.807, 2.05) is 43.3 Å². The maximum absolute atomic E-state index is 12.0. The van der Waals surface area contributed by atoms with Gasteiger partial charge in [0.25, 0.3) is 0 Å². The molecule has 2 aromatic rings. The second kappa shape index (κ2) is 5.51. The number of rotatable bonds is 4. The lowest BCUT2D eigenvalue weighted by Crippen LogP contribution is -2.35. The van der Waals surface area contributed by atoms with Gasteiger partial charge in [-0.15, -0.1) is 0 Å². The number of nitrogens with two attached hydrogens (primary N) is 1. The van der Waals surface area contributed by atoms with Crippen molar-refractivity contribution in [2.75, 3.05) is 0 Å². The molecule has 0 aliphatic heterocycles. The molecule has 1 heterocycles. The van der Waals surface area contributed by atoms with E-state index in [0.717, 1.165) is 5.56 Å². The minimum atomic E-state index is -0.663. The molecule has 0 saturated carbocycles. The van der Waals surface area contributed by atoms with E-state index < -0.39 is 6.04 Å². The largest absolute Gasteiger partial charge is 0.467 e. The highest BCUT2D eigenvalue weighted by Gasteiger charge is 2.18.